The highest BCUT2D eigenvalue weighted by Gasteiger charge is 2.47. The van der Waals surface area contributed by atoms with Gasteiger partial charge in [-0.05, 0) is 40.8 Å². The van der Waals surface area contributed by atoms with Crippen molar-refractivity contribution in [3.05, 3.63) is 44.3 Å². The van der Waals surface area contributed by atoms with E-state index < -0.39 is 5.92 Å². The van der Waals surface area contributed by atoms with Crippen LogP contribution in [-0.2, 0) is 14.3 Å². The highest BCUT2D eigenvalue weighted by Crippen LogP contribution is 2.49. The van der Waals surface area contributed by atoms with E-state index in [9.17, 15) is 9.59 Å². The average molecular weight is 424 g/mol. The maximum absolute atomic E-state index is 13.0. The molecule has 2 atom stereocenters. The normalized spacial score (nSPS) is 25.4. The lowest BCUT2D eigenvalue weighted by Gasteiger charge is -2.41. The fraction of sp³-hybridized carbons (Fsp3) is 0.474. The smallest absolute Gasteiger partial charge is 0.315 e. The quantitative estimate of drug-likeness (QED) is 0.725. The lowest BCUT2D eigenvalue weighted by molar-refractivity contribution is -0.147. The van der Waals surface area contributed by atoms with Crippen molar-refractivity contribution in [2.24, 2.45) is 11.3 Å². The summed E-state index contributed by atoms with van der Waals surface area (Å²) < 4.78 is 6.23. The number of carbonyl (C=O) groups excluding carboxylic acids is 2. The third-order valence-corrected chi connectivity index (χ3v) is 6.46. The molecule has 2 aliphatic rings. The van der Waals surface area contributed by atoms with Crippen molar-refractivity contribution in [1.29, 1.82) is 0 Å². The number of halogens is 1. The number of rotatable bonds is 3. The number of nitrogens with one attached hydrogen (secondary N) is 1. The Balaban J connectivity index is 2.14. The van der Waals surface area contributed by atoms with Gasteiger partial charge >= 0.3 is 5.97 Å². The van der Waals surface area contributed by atoms with Crippen LogP contribution in [0.15, 0.2) is 39.5 Å². The van der Waals surface area contributed by atoms with Gasteiger partial charge in [0.05, 0.1) is 6.61 Å². The van der Waals surface area contributed by atoms with Gasteiger partial charge in [0.25, 0.3) is 0 Å². The van der Waals surface area contributed by atoms with Gasteiger partial charge in [-0.15, -0.1) is 11.3 Å². The molecule has 0 saturated carbocycles. The van der Waals surface area contributed by atoms with Crippen LogP contribution in [0.1, 0.15) is 44.4 Å². The first kappa shape index (κ1) is 18.4. The maximum Gasteiger partial charge on any atom is 0.315 e. The molecule has 1 aliphatic carbocycles. The monoisotopic (exact) mass is 423 g/mol. The summed E-state index contributed by atoms with van der Waals surface area (Å²) in [4.78, 5) is 26.6. The molecule has 2 heterocycles. The summed E-state index contributed by atoms with van der Waals surface area (Å²) in [6, 6.07) is 1.98. The molecule has 134 valence electrons. The molecule has 1 aromatic heterocycles. The Morgan fingerprint density at radius 2 is 2.20 bits per heavy atom. The minimum Gasteiger partial charge on any atom is -0.465 e. The van der Waals surface area contributed by atoms with Crippen LogP contribution in [-0.4, -0.2) is 18.4 Å². The van der Waals surface area contributed by atoms with E-state index in [4.69, 9.17) is 4.74 Å². The minimum absolute atomic E-state index is 0.0967. The van der Waals surface area contributed by atoms with Gasteiger partial charge < -0.3 is 10.1 Å². The van der Waals surface area contributed by atoms with Crippen LogP contribution >= 0.6 is 27.3 Å². The first-order chi connectivity index (χ1) is 11.7. The van der Waals surface area contributed by atoms with Crippen molar-refractivity contribution in [1.82, 2.24) is 5.32 Å². The van der Waals surface area contributed by atoms with E-state index >= 15 is 0 Å². The van der Waals surface area contributed by atoms with E-state index in [-0.39, 0.29) is 23.1 Å². The van der Waals surface area contributed by atoms with Crippen molar-refractivity contribution < 1.29 is 14.3 Å². The molecule has 1 aliphatic heterocycles. The van der Waals surface area contributed by atoms with Crippen LogP contribution in [0.3, 0.4) is 0 Å². The van der Waals surface area contributed by atoms with Crippen molar-refractivity contribution in [2.75, 3.05) is 6.61 Å². The Kier molecular flexibility index (Phi) is 4.95. The predicted molar refractivity (Wildman–Crippen MR) is 102 cm³/mol. The fourth-order valence-corrected chi connectivity index (χ4v) is 5.35. The first-order valence-corrected chi connectivity index (χ1v) is 10.0. The second-order valence-electron chi connectivity index (χ2n) is 7.36. The number of Topliss-reactive ketones (excluding diaryl/α,β-unsaturated/α-hetero) is 1. The van der Waals surface area contributed by atoms with Crippen molar-refractivity contribution in [2.45, 2.75) is 39.5 Å². The highest BCUT2D eigenvalue weighted by molar-refractivity contribution is 9.10. The summed E-state index contributed by atoms with van der Waals surface area (Å²) in [5.74, 6) is -1.15. The summed E-state index contributed by atoms with van der Waals surface area (Å²) >= 11 is 5.02. The summed E-state index contributed by atoms with van der Waals surface area (Å²) in [6.07, 6.45) is 1.25. The van der Waals surface area contributed by atoms with E-state index in [0.29, 0.717) is 18.7 Å². The molecule has 0 saturated heterocycles. The van der Waals surface area contributed by atoms with E-state index in [1.165, 1.54) is 0 Å². The second-order valence-corrected chi connectivity index (χ2v) is 9.22. The van der Waals surface area contributed by atoms with Crippen LogP contribution in [0.2, 0.25) is 0 Å². The van der Waals surface area contributed by atoms with Crippen LogP contribution in [0, 0.1) is 11.3 Å². The van der Waals surface area contributed by atoms with Gasteiger partial charge in [-0.1, -0.05) is 20.4 Å². The number of hydrogen-bond donors (Lipinski definition) is 1. The number of ether oxygens (including phenoxy) is 1. The molecule has 1 aromatic rings. The van der Waals surface area contributed by atoms with Crippen molar-refractivity contribution in [3.63, 3.8) is 0 Å². The van der Waals surface area contributed by atoms with Gasteiger partial charge in [0, 0.05) is 44.0 Å². The fourth-order valence-electron chi connectivity index (χ4n) is 3.75. The number of ketones is 1. The van der Waals surface area contributed by atoms with E-state index in [2.05, 4.69) is 41.7 Å². The van der Waals surface area contributed by atoms with Gasteiger partial charge in [-0.3, -0.25) is 9.59 Å². The third-order valence-electron chi connectivity index (χ3n) is 4.69. The molecule has 2 unspecified atom stereocenters. The summed E-state index contributed by atoms with van der Waals surface area (Å²) in [7, 11) is 0. The second kappa shape index (κ2) is 6.72. The molecular weight excluding hydrogens is 402 g/mol. The number of hydrogen-bond acceptors (Lipinski definition) is 5. The third kappa shape index (κ3) is 3.47. The number of carbonyl (C=O) groups is 2. The van der Waals surface area contributed by atoms with Crippen LogP contribution in [0.4, 0.5) is 0 Å². The van der Waals surface area contributed by atoms with E-state index in [0.717, 1.165) is 27.0 Å². The van der Waals surface area contributed by atoms with Gasteiger partial charge in [-0.2, -0.15) is 0 Å². The Morgan fingerprint density at radius 3 is 2.80 bits per heavy atom. The molecule has 25 heavy (non-hydrogen) atoms. The van der Waals surface area contributed by atoms with Crippen LogP contribution in [0.25, 0.3) is 0 Å². The average Bonchev–Trinajstić information content (AvgIpc) is 2.90. The SMILES string of the molecule is C=C1NC2=C(C(=O)CC(C)(C)C2)C(c2cc(Br)cs2)C1C(=O)OCC. The van der Waals surface area contributed by atoms with Crippen molar-refractivity contribution in [3.8, 4) is 0 Å². The summed E-state index contributed by atoms with van der Waals surface area (Å²) in [5.41, 5.74) is 2.14. The molecule has 1 N–H and O–H groups in total. The largest absolute Gasteiger partial charge is 0.465 e. The Hall–Kier alpha value is -1.40. The topological polar surface area (TPSA) is 55.4 Å². The van der Waals surface area contributed by atoms with Crippen LogP contribution in [0.5, 0.6) is 0 Å². The van der Waals surface area contributed by atoms with Crippen molar-refractivity contribution >= 4 is 39.0 Å². The highest BCUT2D eigenvalue weighted by atomic mass is 79.9. The molecule has 0 amide bonds. The summed E-state index contributed by atoms with van der Waals surface area (Å²) in [6.45, 7) is 10.3. The molecule has 6 heteroatoms. The Labute approximate surface area is 160 Å². The van der Waals surface area contributed by atoms with Gasteiger partial charge in [0.2, 0.25) is 0 Å². The van der Waals surface area contributed by atoms with Gasteiger partial charge in [0.15, 0.2) is 5.78 Å². The number of esters is 1. The molecule has 0 spiro atoms. The molecule has 0 aromatic carbocycles. The number of allylic oxidation sites excluding steroid dienone is 2. The summed E-state index contributed by atoms with van der Waals surface area (Å²) in [5, 5.41) is 5.23. The zero-order valence-electron chi connectivity index (χ0n) is 14.6. The zero-order valence-corrected chi connectivity index (χ0v) is 17.1. The van der Waals surface area contributed by atoms with Crippen LogP contribution < -0.4 is 5.32 Å². The number of thiophene rings is 1. The molecule has 4 nitrogen and oxygen atoms in total. The molecule has 0 bridgehead atoms. The molecule has 0 fully saturated rings. The molecular formula is C19H22BrNO3S. The lowest BCUT2D eigenvalue weighted by Crippen LogP contribution is -2.43. The van der Waals surface area contributed by atoms with E-state index in [1.54, 1.807) is 18.3 Å². The maximum atomic E-state index is 13.0. The van der Waals surface area contributed by atoms with Gasteiger partial charge in [0.1, 0.15) is 5.92 Å². The van der Waals surface area contributed by atoms with Gasteiger partial charge in [-0.25, -0.2) is 0 Å². The Morgan fingerprint density at radius 1 is 1.48 bits per heavy atom. The first-order valence-electron chi connectivity index (χ1n) is 8.36. The van der Waals surface area contributed by atoms with E-state index in [1.807, 2.05) is 11.4 Å². The Bertz CT molecular complexity index is 777. The standard InChI is InChI=1S/C19H22BrNO3S/c1-5-24-18(23)15-10(2)21-12-7-19(3,4)8-13(22)16(12)17(15)14-6-11(20)9-25-14/h6,9,15,17,21H,2,5,7-8H2,1,3-4H3. The molecule has 0 radical (unpaired) electrons. The lowest BCUT2D eigenvalue weighted by atomic mass is 9.68. The predicted octanol–water partition coefficient (Wildman–Crippen LogP) is 4.53. The minimum atomic E-state index is -0.589. The molecule has 3 rings (SSSR count). The zero-order chi connectivity index (χ0) is 18.4.